The van der Waals surface area contributed by atoms with Crippen LogP contribution in [0, 0.1) is 6.92 Å². The van der Waals surface area contributed by atoms with Crippen LogP contribution in [0.3, 0.4) is 0 Å². The summed E-state index contributed by atoms with van der Waals surface area (Å²) in [7, 11) is 0. The van der Waals surface area contributed by atoms with Crippen LogP contribution in [0.1, 0.15) is 23.3 Å². The first kappa shape index (κ1) is 9.26. The van der Waals surface area contributed by atoms with Crippen LogP contribution in [0.5, 0.6) is 0 Å². The predicted molar refractivity (Wildman–Crippen MR) is 49.6 cm³/mol. The van der Waals surface area contributed by atoms with Gasteiger partial charge in [0.2, 0.25) is 0 Å². The maximum atomic E-state index is 10.2. The molecule has 3 heteroatoms. The van der Waals surface area contributed by atoms with Crippen molar-refractivity contribution in [3.8, 4) is 0 Å². The highest BCUT2D eigenvalue weighted by atomic mass is 32.1. The van der Waals surface area contributed by atoms with Crippen molar-refractivity contribution in [2.75, 3.05) is 0 Å². The van der Waals surface area contributed by atoms with Crippen LogP contribution in [0.2, 0.25) is 0 Å². The van der Waals surface area contributed by atoms with E-state index in [-0.39, 0.29) is 6.42 Å². The van der Waals surface area contributed by atoms with E-state index in [2.05, 4.69) is 13.0 Å². The third-order valence-corrected chi connectivity index (χ3v) is 2.85. The average molecular weight is 184 g/mol. The van der Waals surface area contributed by atoms with Crippen molar-refractivity contribution in [3.63, 3.8) is 0 Å². The highest BCUT2D eigenvalue weighted by molar-refractivity contribution is 7.10. The van der Waals surface area contributed by atoms with Crippen LogP contribution in [-0.4, -0.2) is 11.1 Å². The number of rotatable bonds is 4. The number of carboxylic acid groups (broad SMARTS) is 1. The topological polar surface area (TPSA) is 37.3 Å². The lowest BCUT2D eigenvalue weighted by atomic mass is 10.1. The van der Waals surface area contributed by atoms with E-state index in [4.69, 9.17) is 5.11 Å². The van der Waals surface area contributed by atoms with Crippen LogP contribution in [-0.2, 0) is 11.2 Å². The summed E-state index contributed by atoms with van der Waals surface area (Å²) >= 11 is 1.71. The fourth-order valence-corrected chi connectivity index (χ4v) is 2.01. The Kier molecular flexibility index (Phi) is 3.29. The Morgan fingerprint density at radius 3 is 2.92 bits per heavy atom. The summed E-state index contributed by atoms with van der Waals surface area (Å²) in [5, 5.41) is 10.5. The van der Waals surface area contributed by atoms with Crippen molar-refractivity contribution in [1.29, 1.82) is 0 Å². The maximum absolute atomic E-state index is 10.2. The van der Waals surface area contributed by atoms with Crippen LogP contribution in [0.15, 0.2) is 11.4 Å². The highest BCUT2D eigenvalue weighted by Gasteiger charge is 2.01. The third-order valence-electron chi connectivity index (χ3n) is 1.76. The zero-order valence-corrected chi connectivity index (χ0v) is 7.86. The van der Waals surface area contributed by atoms with Gasteiger partial charge in [-0.15, -0.1) is 11.3 Å². The molecule has 0 fully saturated rings. The van der Waals surface area contributed by atoms with Gasteiger partial charge in [0.1, 0.15) is 0 Å². The molecule has 1 heterocycles. The second-order valence-electron chi connectivity index (χ2n) is 2.77. The lowest BCUT2D eigenvalue weighted by Gasteiger charge is -1.96. The van der Waals surface area contributed by atoms with E-state index in [0.29, 0.717) is 0 Å². The summed E-state index contributed by atoms with van der Waals surface area (Å²) < 4.78 is 0. The zero-order chi connectivity index (χ0) is 8.97. The molecule has 0 aliphatic carbocycles. The molecule has 66 valence electrons. The fraction of sp³-hybridized carbons (Fsp3) is 0.444. The fourth-order valence-electron chi connectivity index (χ4n) is 1.06. The number of hydrogen-bond acceptors (Lipinski definition) is 2. The standard InChI is InChI=1S/C9H12O2S/c1-7-5-6-12-8(7)3-2-4-9(10)11/h5-6H,2-4H2,1H3,(H,10,11). The lowest BCUT2D eigenvalue weighted by molar-refractivity contribution is -0.137. The molecule has 0 bridgehead atoms. The molecule has 0 aliphatic rings. The minimum atomic E-state index is -0.704. The van der Waals surface area contributed by atoms with E-state index in [0.717, 1.165) is 12.8 Å². The first-order chi connectivity index (χ1) is 5.70. The Balaban J connectivity index is 2.33. The van der Waals surface area contributed by atoms with Gasteiger partial charge in [-0.05, 0) is 36.8 Å². The quantitative estimate of drug-likeness (QED) is 0.780. The van der Waals surface area contributed by atoms with Gasteiger partial charge < -0.3 is 5.11 Å². The number of hydrogen-bond donors (Lipinski definition) is 1. The average Bonchev–Trinajstić information content (AvgIpc) is 2.36. The molecule has 0 amide bonds. The molecule has 12 heavy (non-hydrogen) atoms. The van der Waals surface area contributed by atoms with Gasteiger partial charge >= 0.3 is 5.97 Å². The number of aliphatic carboxylic acids is 1. The van der Waals surface area contributed by atoms with E-state index in [1.54, 1.807) is 11.3 Å². The number of thiophene rings is 1. The van der Waals surface area contributed by atoms with E-state index in [1.165, 1.54) is 10.4 Å². The van der Waals surface area contributed by atoms with Gasteiger partial charge in [0, 0.05) is 11.3 Å². The molecule has 0 atom stereocenters. The summed E-state index contributed by atoms with van der Waals surface area (Å²) in [6, 6.07) is 2.07. The number of carbonyl (C=O) groups is 1. The molecule has 0 radical (unpaired) electrons. The molecule has 1 aromatic rings. The first-order valence-electron chi connectivity index (χ1n) is 3.95. The first-order valence-corrected chi connectivity index (χ1v) is 4.83. The Hall–Kier alpha value is -0.830. The molecule has 1 aromatic heterocycles. The molecule has 0 saturated carbocycles. The van der Waals surface area contributed by atoms with Gasteiger partial charge in [-0.25, -0.2) is 0 Å². The molecular weight excluding hydrogens is 172 g/mol. The van der Waals surface area contributed by atoms with Crippen LogP contribution in [0.4, 0.5) is 0 Å². The summed E-state index contributed by atoms with van der Waals surface area (Å²) in [5.41, 5.74) is 1.28. The van der Waals surface area contributed by atoms with Gasteiger partial charge in [-0.3, -0.25) is 4.79 Å². The third kappa shape index (κ3) is 2.66. The molecule has 0 saturated heterocycles. The second-order valence-corrected chi connectivity index (χ2v) is 3.77. The molecule has 2 nitrogen and oxygen atoms in total. The van der Waals surface area contributed by atoms with Crippen LogP contribution >= 0.6 is 11.3 Å². The van der Waals surface area contributed by atoms with Gasteiger partial charge in [0.15, 0.2) is 0 Å². The van der Waals surface area contributed by atoms with Crippen molar-refractivity contribution in [1.82, 2.24) is 0 Å². The zero-order valence-electron chi connectivity index (χ0n) is 7.04. The lowest BCUT2D eigenvalue weighted by Crippen LogP contribution is -1.95. The Morgan fingerprint density at radius 2 is 2.42 bits per heavy atom. The Labute approximate surface area is 75.9 Å². The molecular formula is C9H12O2S. The highest BCUT2D eigenvalue weighted by Crippen LogP contribution is 2.17. The molecule has 1 rings (SSSR count). The Bertz CT molecular complexity index is 265. The van der Waals surface area contributed by atoms with Crippen molar-refractivity contribution in [2.45, 2.75) is 26.2 Å². The molecule has 0 spiro atoms. The van der Waals surface area contributed by atoms with Crippen LogP contribution in [0.25, 0.3) is 0 Å². The van der Waals surface area contributed by atoms with Gasteiger partial charge in [-0.2, -0.15) is 0 Å². The van der Waals surface area contributed by atoms with E-state index >= 15 is 0 Å². The summed E-state index contributed by atoms with van der Waals surface area (Å²) in [5.74, 6) is -0.704. The van der Waals surface area contributed by atoms with E-state index < -0.39 is 5.97 Å². The molecule has 1 N–H and O–H groups in total. The normalized spacial score (nSPS) is 10.1. The molecule has 0 unspecified atom stereocenters. The van der Waals surface area contributed by atoms with Crippen molar-refractivity contribution in [2.24, 2.45) is 0 Å². The summed E-state index contributed by atoms with van der Waals surface area (Å²) in [6.07, 6.45) is 1.92. The van der Waals surface area contributed by atoms with E-state index in [1.807, 2.05) is 5.38 Å². The van der Waals surface area contributed by atoms with Gasteiger partial charge in [-0.1, -0.05) is 0 Å². The van der Waals surface area contributed by atoms with Gasteiger partial charge in [0.25, 0.3) is 0 Å². The van der Waals surface area contributed by atoms with Gasteiger partial charge in [0.05, 0.1) is 0 Å². The molecule has 0 aromatic carbocycles. The summed E-state index contributed by atoms with van der Waals surface area (Å²) in [6.45, 7) is 2.06. The monoisotopic (exact) mass is 184 g/mol. The van der Waals surface area contributed by atoms with Crippen molar-refractivity contribution in [3.05, 3.63) is 21.9 Å². The second kappa shape index (κ2) is 4.26. The minimum Gasteiger partial charge on any atom is -0.481 e. The van der Waals surface area contributed by atoms with E-state index in [9.17, 15) is 4.79 Å². The predicted octanol–water partition coefficient (Wildman–Crippen LogP) is 2.46. The smallest absolute Gasteiger partial charge is 0.303 e. The van der Waals surface area contributed by atoms with Crippen molar-refractivity contribution < 1.29 is 9.90 Å². The number of carboxylic acids is 1. The largest absolute Gasteiger partial charge is 0.481 e. The maximum Gasteiger partial charge on any atom is 0.303 e. The SMILES string of the molecule is Cc1ccsc1CCCC(=O)O. The van der Waals surface area contributed by atoms with Crippen molar-refractivity contribution >= 4 is 17.3 Å². The Morgan fingerprint density at radius 1 is 1.67 bits per heavy atom. The molecule has 0 aliphatic heterocycles. The number of aryl methyl sites for hydroxylation is 2. The summed E-state index contributed by atoms with van der Waals surface area (Å²) in [4.78, 5) is 11.5. The van der Waals surface area contributed by atoms with Crippen LogP contribution < -0.4 is 0 Å². The minimum absolute atomic E-state index is 0.275.